The van der Waals surface area contributed by atoms with Gasteiger partial charge in [-0.3, -0.25) is 18.8 Å². The summed E-state index contributed by atoms with van der Waals surface area (Å²) in [6, 6.07) is 10.1. The van der Waals surface area contributed by atoms with Crippen molar-refractivity contribution in [2.24, 2.45) is 5.92 Å². The van der Waals surface area contributed by atoms with Crippen LogP contribution in [0.1, 0.15) is 37.3 Å². The minimum absolute atomic E-state index is 0.0183. The molecule has 2 fully saturated rings. The van der Waals surface area contributed by atoms with Crippen LogP contribution in [-0.2, 0) is 22.6 Å². The molecule has 35 heavy (non-hydrogen) atoms. The van der Waals surface area contributed by atoms with Crippen molar-refractivity contribution in [1.82, 2.24) is 29.1 Å². The highest BCUT2D eigenvalue weighted by Gasteiger charge is 2.32. The first kappa shape index (κ1) is 23.7. The standard InChI is InChI=1S/C26H34N6O3/c1-35-17-16-31-23-4-2-3-5-24(23)32(26(31)34)22-9-14-30(15-10-22)25(33)21-7-12-29(13-8-21)19-20-6-11-27-28-18-20/h2-6,11,18,21-22H,7-10,12-17,19H2,1H3. The second-order valence-corrected chi connectivity index (χ2v) is 9.64. The van der Waals surface area contributed by atoms with Crippen molar-refractivity contribution in [3.05, 3.63) is 58.8 Å². The van der Waals surface area contributed by atoms with E-state index in [9.17, 15) is 9.59 Å². The van der Waals surface area contributed by atoms with Gasteiger partial charge in [-0.05, 0) is 62.5 Å². The van der Waals surface area contributed by atoms with Gasteiger partial charge in [-0.25, -0.2) is 4.79 Å². The number of nitrogens with zero attached hydrogens (tertiary/aromatic N) is 6. The van der Waals surface area contributed by atoms with Gasteiger partial charge in [0.1, 0.15) is 0 Å². The fourth-order valence-corrected chi connectivity index (χ4v) is 5.59. The number of fused-ring (bicyclic) bond motifs is 1. The molecule has 0 bridgehead atoms. The van der Waals surface area contributed by atoms with E-state index in [-0.39, 0.29) is 23.6 Å². The number of ether oxygens (including phenoxy) is 1. The van der Waals surface area contributed by atoms with Gasteiger partial charge in [-0.15, -0.1) is 0 Å². The fourth-order valence-electron chi connectivity index (χ4n) is 5.59. The van der Waals surface area contributed by atoms with Crippen LogP contribution in [0.25, 0.3) is 11.0 Å². The van der Waals surface area contributed by atoms with Crippen LogP contribution in [-0.4, -0.2) is 74.9 Å². The van der Waals surface area contributed by atoms with Gasteiger partial charge >= 0.3 is 5.69 Å². The Balaban J connectivity index is 1.19. The Morgan fingerprint density at radius 1 is 1.00 bits per heavy atom. The van der Waals surface area contributed by atoms with Crippen LogP contribution in [0.5, 0.6) is 0 Å². The Kier molecular flexibility index (Phi) is 7.24. The molecule has 2 aromatic heterocycles. The summed E-state index contributed by atoms with van der Waals surface area (Å²) in [6.45, 7) is 5.15. The van der Waals surface area contributed by atoms with Crippen LogP contribution in [0.4, 0.5) is 0 Å². The summed E-state index contributed by atoms with van der Waals surface area (Å²) < 4.78 is 8.97. The van der Waals surface area contributed by atoms with Gasteiger partial charge in [0.25, 0.3) is 0 Å². The Labute approximate surface area is 205 Å². The third kappa shape index (κ3) is 5.01. The number of methoxy groups -OCH3 is 1. The number of likely N-dealkylation sites (tertiary alicyclic amines) is 2. The van der Waals surface area contributed by atoms with E-state index >= 15 is 0 Å². The summed E-state index contributed by atoms with van der Waals surface area (Å²) in [5.41, 5.74) is 3.09. The van der Waals surface area contributed by atoms with Crippen molar-refractivity contribution < 1.29 is 9.53 Å². The Bertz CT molecular complexity index is 1190. The smallest absolute Gasteiger partial charge is 0.329 e. The zero-order valence-electron chi connectivity index (χ0n) is 20.4. The number of carbonyl (C=O) groups excluding carboxylic acids is 1. The molecule has 2 aliphatic rings. The molecule has 0 saturated carbocycles. The predicted molar refractivity (Wildman–Crippen MR) is 133 cm³/mol. The molecule has 1 aromatic carbocycles. The molecule has 4 heterocycles. The number of amides is 1. The third-order valence-corrected chi connectivity index (χ3v) is 7.52. The molecule has 186 valence electrons. The SMILES string of the molecule is COCCn1c(=O)n(C2CCN(C(=O)C3CCN(Cc4ccnnc4)CC3)CC2)c2ccccc21. The zero-order chi connectivity index (χ0) is 24.2. The van der Waals surface area contributed by atoms with Crippen molar-refractivity contribution in [2.75, 3.05) is 39.9 Å². The van der Waals surface area contributed by atoms with Gasteiger partial charge in [0, 0.05) is 44.9 Å². The highest BCUT2D eigenvalue weighted by molar-refractivity contribution is 5.79. The second-order valence-electron chi connectivity index (χ2n) is 9.64. The molecule has 0 atom stereocenters. The average Bonchev–Trinajstić information content (AvgIpc) is 3.19. The number of para-hydroxylation sites is 2. The number of hydrogen-bond acceptors (Lipinski definition) is 6. The summed E-state index contributed by atoms with van der Waals surface area (Å²) in [5.74, 6) is 0.376. The van der Waals surface area contributed by atoms with Crippen LogP contribution >= 0.6 is 0 Å². The highest BCUT2D eigenvalue weighted by atomic mass is 16.5. The molecule has 0 spiro atoms. The molecule has 0 radical (unpaired) electrons. The molecule has 3 aromatic rings. The number of benzene rings is 1. The van der Waals surface area contributed by atoms with Crippen LogP contribution in [0.2, 0.25) is 0 Å². The number of rotatable bonds is 7. The van der Waals surface area contributed by atoms with Gasteiger partial charge in [0.05, 0.1) is 30.4 Å². The maximum absolute atomic E-state index is 13.3. The molecule has 9 nitrogen and oxygen atoms in total. The molecule has 0 N–H and O–H groups in total. The number of carbonyl (C=O) groups is 1. The second kappa shape index (κ2) is 10.7. The quantitative estimate of drug-likeness (QED) is 0.518. The predicted octanol–water partition coefficient (Wildman–Crippen LogP) is 2.32. The average molecular weight is 479 g/mol. The molecule has 0 aliphatic carbocycles. The molecule has 0 unspecified atom stereocenters. The molecular formula is C26H34N6O3. The van der Waals surface area contributed by atoms with Crippen molar-refractivity contribution in [1.29, 1.82) is 0 Å². The summed E-state index contributed by atoms with van der Waals surface area (Å²) in [4.78, 5) is 31.0. The zero-order valence-corrected chi connectivity index (χ0v) is 20.4. The number of imidazole rings is 1. The third-order valence-electron chi connectivity index (χ3n) is 7.52. The van der Waals surface area contributed by atoms with E-state index in [2.05, 4.69) is 15.1 Å². The Morgan fingerprint density at radius 2 is 1.74 bits per heavy atom. The van der Waals surface area contributed by atoms with Gasteiger partial charge in [0.2, 0.25) is 5.91 Å². The minimum atomic E-state index is 0.0183. The van der Waals surface area contributed by atoms with E-state index in [1.54, 1.807) is 13.3 Å². The van der Waals surface area contributed by atoms with Gasteiger partial charge in [-0.1, -0.05) is 12.1 Å². The van der Waals surface area contributed by atoms with E-state index in [0.717, 1.165) is 61.9 Å². The molecular weight excluding hydrogens is 444 g/mol. The summed E-state index contributed by atoms with van der Waals surface area (Å²) in [5, 5.41) is 7.79. The Morgan fingerprint density at radius 3 is 2.43 bits per heavy atom. The maximum Gasteiger partial charge on any atom is 0.329 e. The summed E-state index contributed by atoms with van der Waals surface area (Å²) >= 11 is 0. The lowest BCUT2D eigenvalue weighted by molar-refractivity contribution is -0.138. The first-order chi connectivity index (χ1) is 17.2. The van der Waals surface area contributed by atoms with Crippen LogP contribution < -0.4 is 5.69 Å². The van der Waals surface area contributed by atoms with E-state index < -0.39 is 0 Å². The first-order valence-electron chi connectivity index (χ1n) is 12.6. The topological polar surface area (TPSA) is 85.5 Å². The van der Waals surface area contributed by atoms with Gasteiger partial charge in [-0.2, -0.15) is 10.2 Å². The van der Waals surface area contributed by atoms with Crippen LogP contribution in [0, 0.1) is 5.92 Å². The maximum atomic E-state index is 13.3. The molecule has 5 rings (SSSR count). The summed E-state index contributed by atoms with van der Waals surface area (Å²) in [7, 11) is 1.65. The van der Waals surface area contributed by atoms with Crippen LogP contribution in [0.15, 0.2) is 47.5 Å². The van der Waals surface area contributed by atoms with Crippen molar-refractivity contribution in [3.8, 4) is 0 Å². The van der Waals surface area contributed by atoms with Gasteiger partial charge < -0.3 is 9.64 Å². The van der Waals surface area contributed by atoms with Gasteiger partial charge in [0.15, 0.2) is 0 Å². The Hall–Kier alpha value is -3.04. The lowest BCUT2D eigenvalue weighted by atomic mass is 9.93. The number of piperidine rings is 2. The van der Waals surface area contributed by atoms with Crippen molar-refractivity contribution >= 4 is 16.9 Å². The highest BCUT2D eigenvalue weighted by Crippen LogP contribution is 2.28. The fraction of sp³-hybridized carbons (Fsp3) is 0.538. The lowest BCUT2D eigenvalue weighted by Crippen LogP contribution is -2.46. The molecule has 9 heteroatoms. The monoisotopic (exact) mass is 478 g/mol. The largest absolute Gasteiger partial charge is 0.383 e. The van der Waals surface area contributed by atoms with E-state index in [0.29, 0.717) is 26.2 Å². The molecule has 2 saturated heterocycles. The van der Waals surface area contributed by atoms with E-state index in [1.165, 1.54) is 0 Å². The minimum Gasteiger partial charge on any atom is -0.383 e. The van der Waals surface area contributed by atoms with Crippen molar-refractivity contribution in [3.63, 3.8) is 0 Å². The normalized spacial score (nSPS) is 18.4. The molecule has 2 aliphatic heterocycles. The van der Waals surface area contributed by atoms with Crippen molar-refractivity contribution in [2.45, 2.75) is 44.8 Å². The number of aromatic nitrogens is 4. The first-order valence-corrected chi connectivity index (χ1v) is 12.6. The van der Waals surface area contributed by atoms with E-state index in [1.807, 2.05) is 50.6 Å². The number of hydrogen-bond donors (Lipinski definition) is 0. The molecule has 1 amide bonds. The van der Waals surface area contributed by atoms with E-state index in [4.69, 9.17) is 4.74 Å². The summed E-state index contributed by atoms with van der Waals surface area (Å²) in [6.07, 6.45) is 6.92. The lowest BCUT2D eigenvalue weighted by Gasteiger charge is -2.37. The van der Waals surface area contributed by atoms with Crippen LogP contribution in [0.3, 0.4) is 0 Å².